The number of hydrogen-bond acceptors (Lipinski definition) is 6. The lowest BCUT2D eigenvalue weighted by atomic mass is 10.0. The summed E-state index contributed by atoms with van der Waals surface area (Å²) in [5, 5.41) is 3.10. The van der Waals surface area contributed by atoms with Crippen molar-refractivity contribution in [1.29, 1.82) is 0 Å². The zero-order valence-corrected chi connectivity index (χ0v) is 18.4. The second-order valence-electron chi connectivity index (χ2n) is 8.36. The normalized spacial score (nSPS) is 15.1. The summed E-state index contributed by atoms with van der Waals surface area (Å²) in [4.78, 5) is 29.3. The standard InChI is InChI=1S/C24H24FN5O3/c1-13-11-33-24-21(27-8-5-9-29-12-28-16-6-3-4-7-17(16)29)19(25)20(26)18-22(24)30(13)10-15(14(2)31)23(18)32/h3-4,6-7,10,12-13,27H,5,8-9,11,26H2,1-2H3/t13-/m0/s1. The van der Waals surface area contributed by atoms with Gasteiger partial charge in [0.1, 0.15) is 12.3 Å². The Kier molecular flexibility index (Phi) is 5.03. The number of anilines is 2. The van der Waals surface area contributed by atoms with Crippen LogP contribution in [-0.2, 0) is 6.54 Å². The Bertz CT molecular complexity index is 1470. The van der Waals surface area contributed by atoms with Gasteiger partial charge in [-0.1, -0.05) is 12.1 Å². The summed E-state index contributed by atoms with van der Waals surface area (Å²) in [7, 11) is 0. The van der Waals surface area contributed by atoms with Gasteiger partial charge in [-0.25, -0.2) is 9.37 Å². The SMILES string of the molecule is CC(=O)c1cn2c3c(c(NCCCn4cnc5ccccc54)c(F)c(N)c3c1=O)OC[C@@H]2C. The highest BCUT2D eigenvalue weighted by Crippen LogP contribution is 2.43. The van der Waals surface area contributed by atoms with Gasteiger partial charge in [-0.05, 0) is 32.4 Å². The average Bonchev–Trinajstić information content (AvgIpc) is 3.21. The Labute approximate surface area is 188 Å². The maximum atomic E-state index is 15.3. The van der Waals surface area contributed by atoms with Crippen LogP contribution in [0.1, 0.15) is 36.7 Å². The number of nitrogens with zero attached hydrogens (tertiary/aromatic N) is 3. The largest absolute Gasteiger partial charge is 0.487 e. The number of nitrogens with two attached hydrogens (primary N) is 1. The molecule has 9 heteroatoms. The summed E-state index contributed by atoms with van der Waals surface area (Å²) in [6.07, 6.45) is 4.01. The molecule has 0 radical (unpaired) electrons. The Morgan fingerprint density at radius 2 is 2.15 bits per heavy atom. The van der Waals surface area contributed by atoms with Crippen molar-refractivity contribution in [3.63, 3.8) is 0 Å². The molecule has 0 bridgehead atoms. The Morgan fingerprint density at radius 3 is 2.94 bits per heavy atom. The summed E-state index contributed by atoms with van der Waals surface area (Å²) in [6.45, 7) is 4.64. The summed E-state index contributed by atoms with van der Waals surface area (Å²) in [5.41, 5.74) is 7.71. The van der Waals surface area contributed by atoms with Gasteiger partial charge in [0.2, 0.25) is 5.43 Å². The summed E-state index contributed by atoms with van der Waals surface area (Å²) in [6, 6.07) is 7.72. The fourth-order valence-electron chi connectivity index (χ4n) is 4.41. The van der Waals surface area contributed by atoms with E-state index in [0.717, 1.165) is 11.0 Å². The number of aromatic nitrogens is 3. The number of pyridine rings is 1. The quantitative estimate of drug-likeness (QED) is 0.264. The van der Waals surface area contributed by atoms with E-state index in [2.05, 4.69) is 10.3 Å². The highest BCUT2D eigenvalue weighted by Gasteiger charge is 2.29. The van der Waals surface area contributed by atoms with E-state index in [4.69, 9.17) is 10.5 Å². The van der Waals surface area contributed by atoms with Crippen molar-refractivity contribution in [3.05, 3.63) is 58.4 Å². The fourth-order valence-corrected chi connectivity index (χ4v) is 4.41. The van der Waals surface area contributed by atoms with E-state index in [1.165, 1.54) is 13.1 Å². The molecule has 0 amide bonds. The van der Waals surface area contributed by atoms with Crippen LogP contribution in [0.25, 0.3) is 21.9 Å². The number of para-hydroxylation sites is 2. The van der Waals surface area contributed by atoms with E-state index in [0.29, 0.717) is 25.0 Å². The topological polar surface area (TPSA) is 104 Å². The molecule has 0 aliphatic carbocycles. The van der Waals surface area contributed by atoms with Crippen LogP contribution >= 0.6 is 0 Å². The van der Waals surface area contributed by atoms with Crippen molar-refractivity contribution in [2.24, 2.45) is 0 Å². The van der Waals surface area contributed by atoms with Gasteiger partial charge in [-0.2, -0.15) is 0 Å². The zero-order chi connectivity index (χ0) is 23.3. The van der Waals surface area contributed by atoms with Crippen LogP contribution in [0, 0.1) is 5.82 Å². The maximum absolute atomic E-state index is 15.3. The number of carbonyl (C=O) groups excluding carboxylic acids is 1. The van der Waals surface area contributed by atoms with Crippen LogP contribution < -0.4 is 21.2 Å². The first kappa shape index (κ1) is 21.0. The van der Waals surface area contributed by atoms with Gasteiger partial charge >= 0.3 is 0 Å². The second kappa shape index (κ2) is 7.91. The molecule has 33 heavy (non-hydrogen) atoms. The number of Topliss-reactive ketones (excluding diaryl/α,β-unsaturated/α-hetero) is 1. The number of ether oxygens (including phenoxy) is 1. The van der Waals surface area contributed by atoms with E-state index in [-0.39, 0.29) is 46.5 Å². The van der Waals surface area contributed by atoms with Gasteiger partial charge in [0, 0.05) is 19.3 Å². The third-order valence-electron chi connectivity index (χ3n) is 6.13. The molecule has 5 rings (SSSR count). The molecule has 1 aliphatic rings. The first-order chi connectivity index (χ1) is 15.9. The molecule has 0 saturated heterocycles. The second-order valence-corrected chi connectivity index (χ2v) is 8.36. The molecule has 0 unspecified atom stereocenters. The van der Waals surface area contributed by atoms with Crippen molar-refractivity contribution in [1.82, 2.24) is 14.1 Å². The fraction of sp³-hybridized carbons (Fsp3) is 0.292. The molecule has 3 N–H and O–H groups in total. The van der Waals surface area contributed by atoms with E-state index in [1.807, 2.05) is 35.8 Å². The third kappa shape index (κ3) is 3.31. The van der Waals surface area contributed by atoms with Gasteiger partial charge in [0.05, 0.1) is 45.6 Å². The average molecular weight is 449 g/mol. The van der Waals surface area contributed by atoms with Crippen LogP contribution in [0.15, 0.2) is 41.6 Å². The van der Waals surface area contributed by atoms with Crippen molar-refractivity contribution >= 4 is 39.1 Å². The number of carbonyl (C=O) groups is 1. The summed E-state index contributed by atoms with van der Waals surface area (Å²) in [5.74, 6) is -0.889. The first-order valence-corrected chi connectivity index (χ1v) is 10.9. The Balaban J connectivity index is 1.49. The van der Waals surface area contributed by atoms with Crippen LogP contribution in [0.4, 0.5) is 15.8 Å². The van der Waals surface area contributed by atoms with Crippen LogP contribution in [-0.4, -0.2) is 33.1 Å². The zero-order valence-electron chi connectivity index (χ0n) is 18.4. The molecule has 0 spiro atoms. The Hall–Kier alpha value is -3.88. The predicted octanol–water partition coefficient (Wildman–Crippen LogP) is 3.73. The van der Waals surface area contributed by atoms with Crippen LogP contribution in [0.3, 0.4) is 0 Å². The van der Waals surface area contributed by atoms with E-state index >= 15 is 4.39 Å². The molecular formula is C24H24FN5O3. The number of halogens is 1. The number of aryl methyl sites for hydroxylation is 1. The minimum atomic E-state index is -0.746. The molecule has 8 nitrogen and oxygen atoms in total. The number of fused-ring (bicyclic) bond motifs is 1. The van der Waals surface area contributed by atoms with Crippen molar-refractivity contribution in [2.75, 3.05) is 24.2 Å². The monoisotopic (exact) mass is 449 g/mol. The molecule has 3 heterocycles. The first-order valence-electron chi connectivity index (χ1n) is 10.9. The van der Waals surface area contributed by atoms with E-state index in [1.54, 1.807) is 10.9 Å². The van der Waals surface area contributed by atoms with Crippen molar-refractivity contribution < 1.29 is 13.9 Å². The molecule has 1 aliphatic heterocycles. The minimum Gasteiger partial charge on any atom is -0.487 e. The van der Waals surface area contributed by atoms with Gasteiger partial charge in [-0.15, -0.1) is 0 Å². The highest BCUT2D eigenvalue weighted by molar-refractivity contribution is 6.04. The number of nitrogens with one attached hydrogen (secondary N) is 1. The highest BCUT2D eigenvalue weighted by atomic mass is 19.1. The smallest absolute Gasteiger partial charge is 0.202 e. The number of imidazole rings is 1. The van der Waals surface area contributed by atoms with E-state index in [9.17, 15) is 9.59 Å². The predicted molar refractivity (Wildman–Crippen MR) is 126 cm³/mol. The van der Waals surface area contributed by atoms with Gasteiger partial charge in [0.15, 0.2) is 17.3 Å². The van der Waals surface area contributed by atoms with Gasteiger partial charge < -0.3 is 24.9 Å². The van der Waals surface area contributed by atoms with Gasteiger partial charge in [-0.3, -0.25) is 9.59 Å². The number of nitrogen functional groups attached to an aromatic ring is 1. The lowest BCUT2D eigenvalue weighted by Crippen LogP contribution is -2.27. The summed E-state index contributed by atoms with van der Waals surface area (Å²) >= 11 is 0. The Morgan fingerprint density at radius 1 is 1.36 bits per heavy atom. The molecule has 4 aromatic rings. The molecule has 170 valence electrons. The van der Waals surface area contributed by atoms with Crippen LogP contribution in [0.2, 0.25) is 0 Å². The lowest BCUT2D eigenvalue weighted by molar-refractivity contribution is 0.101. The number of hydrogen-bond donors (Lipinski definition) is 2. The lowest BCUT2D eigenvalue weighted by Gasteiger charge is -2.29. The van der Waals surface area contributed by atoms with Crippen molar-refractivity contribution in [2.45, 2.75) is 32.9 Å². The number of benzene rings is 2. The molecular weight excluding hydrogens is 425 g/mol. The molecule has 0 fully saturated rings. The van der Waals surface area contributed by atoms with Crippen molar-refractivity contribution in [3.8, 4) is 5.75 Å². The van der Waals surface area contributed by atoms with Crippen LogP contribution in [0.5, 0.6) is 5.75 Å². The molecule has 2 aromatic heterocycles. The molecule has 2 aromatic carbocycles. The van der Waals surface area contributed by atoms with E-state index < -0.39 is 11.2 Å². The molecule has 1 atom stereocenters. The number of ketones is 1. The number of rotatable bonds is 6. The summed E-state index contributed by atoms with van der Waals surface area (Å²) < 4.78 is 25.0. The minimum absolute atomic E-state index is 0.0124. The van der Waals surface area contributed by atoms with Gasteiger partial charge in [0.25, 0.3) is 0 Å². The molecule has 0 saturated carbocycles. The third-order valence-corrected chi connectivity index (χ3v) is 6.13. The maximum Gasteiger partial charge on any atom is 0.202 e.